The van der Waals surface area contributed by atoms with Crippen molar-refractivity contribution in [3.8, 4) is 0 Å². The van der Waals surface area contributed by atoms with Gasteiger partial charge in [-0.2, -0.15) is 0 Å². The predicted octanol–water partition coefficient (Wildman–Crippen LogP) is 0.973. The molecule has 96 valence electrons. The Morgan fingerprint density at radius 1 is 1.38 bits per heavy atom. The first-order valence-corrected chi connectivity index (χ1v) is 5.92. The maximum absolute atomic E-state index is 11.5. The number of rotatable bonds is 8. The topological polar surface area (TPSA) is 41.6 Å². The van der Waals surface area contributed by atoms with E-state index in [1.165, 1.54) is 7.11 Å². The second-order valence-corrected chi connectivity index (χ2v) is 4.73. The molecule has 0 aromatic heterocycles. The van der Waals surface area contributed by atoms with Gasteiger partial charge in [0.25, 0.3) is 0 Å². The van der Waals surface area contributed by atoms with Gasteiger partial charge in [-0.1, -0.05) is 13.8 Å². The van der Waals surface area contributed by atoms with E-state index in [2.05, 4.69) is 24.3 Å². The van der Waals surface area contributed by atoms with Crippen molar-refractivity contribution in [3.05, 3.63) is 0 Å². The molecule has 4 nitrogen and oxygen atoms in total. The first kappa shape index (κ1) is 15.4. The summed E-state index contributed by atoms with van der Waals surface area (Å²) in [5, 5.41) is 3.31. The lowest BCUT2D eigenvalue weighted by molar-refractivity contribution is -0.146. The Morgan fingerprint density at radius 2 is 2.00 bits per heavy atom. The van der Waals surface area contributed by atoms with E-state index in [1.54, 1.807) is 0 Å². The molecule has 0 bridgehead atoms. The van der Waals surface area contributed by atoms with Crippen LogP contribution in [0.2, 0.25) is 0 Å². The monoisotopic (exact) mass is 230 g/mol. The highest BCUT2D eigenvalue weighted by Crippen LogP contribution is 2.11. The van der Waals surface area contributed by atoms with Crippen molar-refractivity contribution in [1.29, 1.82) is 0 Å². The summed E-state index contributed by atoms with van der Waals surface area (Å²) in [6, 6.07) is 0. The normalized spacial score (nSPS) is 13.2. The van der Waals surface area contributed by atoms with Gasteiger partial charge in [-0.3, -0.25) is 4.79 Å². The molecule has 0 aromatic rings. The van der Waals surface area contributed by atoms with Crippen molar-refractivity contribution >= 4 is 5.97 Å². The van der Waals surface area contributed by atoms with Crippen LogP contribution in [-0.4, -0.2) is 51.7 Å². The third kappa shape index (κ3) is 6.80. The zero-order chi connectivity index (χ0) is 12.6. The van der Waals surface area contributed by atoms with Crippen LogP contribution in [-0.2, 0) is 9.53 Å². The molecular formula is C12H26N2O2. The van der Waals surface area contributed by atoms with E-state index in [-0.39, 0.29) is 11.9 Å². The molecular weight excluding hydrogens is 204 g/mol. The van der Waals surface area contributed by atoms with E-state index in [9.17, 15) is 4.79 Å². The van der Waals surface area contributed by atoms with Crippen LogP contribution < -0.4 is 5.32 Å². The van der Waals surface area contributed by atoms with Crippen LogP contribution in [0.15, 0.2) is 0 Å². The van der Waals surface area contributed by atoms with Crippen LogP contribution >= 0.6 is 0 Å². The molecule has 0 rings (SSSR count). The van der Waals surface area contributed by atoms with E-state index < -0.39 is 0 Å². The second-order valence-electron chi connectivity index (χ2n) is 4.73. The SMILES string of the molecule is COC(=O)C(CNCCCN(C)C)C(C)C. The molecule has 0 saturated heterocycles. The first-order chi connectivity index (χ1) is 7.49. The highest BCUT2D eigenvalue weighted by atomic mass is 16.5. The van der Waals surface area contributed by atoms with Crippen LogP contribution in [0.25, 0.3) is 0 Å². The van der Waals surface area contributed by atoms with Gasteiger partial charge in [0.15, 0.2) is 0 Å². The summed E-state index contributed by atoms with van der Waals surface area (Å²) in [4.78, 5) is 13.6. The lowest BCUT2D eigenvalue weighted by Gasteiger charge is -2.19. The lowest BCUT2D eigenvalue weighted by Crippen LogP contribution is -2.34. The molecule has 0 aliphatic rings. The first-order valence-electron chi connectivity index (χ1n) is 5.92. The van der Waals surface area contributed by atoms with Gasteiger partial charge in [-0.05, 0) is 39.5 Å². The molecule has 0 saturated carbocycles. The second kappa shape index (κ2) is 8.53. The Bertz CT molecular complexity index is 193. The van der Waals surface area contributed by atoms with Crippen LogP contribution in [0.1, 0.15) is 20.3 Å². The van der Waals surface area contributed by atoms with Gasteiger partial charge in [0.2, 0.25) is 0 Å². The highest BCUT2D eigenvalue weighted by molar-refractivity contribution is 5.72. The van der Waals surface area contributed by atoms with E-state index in [0.717, 1.165) is 19.5 Å². The lowest BCUT2D eigenvalue weighted by atomic mass is 9.96. The molecule has 1 unspecified atom stereocenters. The van der Waals surface area contributed by atoms with Gasteiger partial charge in [0.1, 0.15) is 0 Å². The smallest absolute Gasteiger partial charge is 0.310 e. The van der Waals surface area contributed by atoms with Crippen molar-refractivity contribution in [1.82, 2.24) is 10.2 Å². The number of carbonyl (C=O) groups excluding carboxylic acids is 1. The minimum Gasteiger partial charge on any atom is -0.469 e. The Labute approximate surface area is 99.3 Å². The number of methoxy groups -OCH3 is 1. The zero-order valence-electron chi connectivity index (χ0n) is 11.2. The molecule has 0 aromatic carbocycles. The van der Waals surface area contributed by atoms with E-state index in [0.29, 0.717) is 12.5 Å². The molecule has 0 spiro atoms. The molecule has 4 heteroatoms. The largest absolute Gasteiger partial charge is 0.469 e. The van der Waals surface area contributed by atoms with E-state index in [4.69, 9.17) is 4.74 Å². The summed E-state index contributed by atoms with van der Waals surface area (Å²) in [6.45, 7) is 6.81. The molecule has 0 amide bonds. The number of esters is 1. The average Bonchev–Trinajstić information content (AvgIpc) is 2.21. The van der Waals surface area contributed by atoms with Gasteiger partial charge in [-0.15, -0.1) is 0 Å². The molecule has 0 aliphatic carbocycles. The van der Waals surface area contributed by atoms with Crippen LogP contribution in [0.3, 0.4) is 0 Å². The van der Waals surface area contributed by atoms with Gasteiger partial charge in [0.05, 0.1) is 13.0 Å². The fourth-order valence-corrected chi connectivity index (χ4v) is 1.52. The number of hydrogen-bond acceptors (Lipinski definition) is 4. The summed E-state index contributed by atoms with van der Waals surface area (Å²) in [5.74, 6) is 0.160. The maximum atomic E-state index is 11.5. The molecule has 16 heavy (non-hydrogen) atoms. The van der Waals surface area contributed by atoms with E-state index >= 15 is 0 Å². The number of ether oxygens (including phenoxy) is 1. The highest BCUT2D eigenvalue weighted by Gasteiger charge is 2.21. The molecule has 0 fully saturated rings. The van der Waals surface area contributed by atoms with E-state index in [1.807, 2.05) is 13.8 Å². The maximum Gasteiger partial charge on any atom is 0.310 e. The third-order valence-electron chi connectivity index (χ3n) is 2.63. The van der Waals surface area contributed by atoms with Crippen molar-refractivity contribution in [3.63, 3.8) is 0 Å². The fourth-order valence-electron chi connectivity index (χ4n) is 1.52. The van der Waals surface area contributed by atoms with Gasteiger partial charge >= 0.3 is 5.97 Å². The van der Waals surface area contributed by atoms with Crippen LogP contribution in [0.5, 0.6) is 0 Å². The Hall–Kier alpha value is -0.610. The van der Waals surface area contributed by atoms with Gasteiger partial charge < -0.3 is 15.0 Å². The minimum atomic E-state index is -0.116. The molecule has 0 radical (unpaired) electrons. The van der Waals surface area contributed by atoms with Crippen molar-refractivity contribution in [2.45, 2.75) is 20.3 Å². The predicted molar refractivity (Wildman–Crippen MR) is 66.4 cm³/mol. The van der Waals surface area contributed by atoms with Gasteiger partial charge in [0, 0.05) is 6.54 Å². The summed E-state index contributed by atoms with van der Waals surface area (Å²) in [5.41, 5.74) is 0. The minimum absolute atomic E-state index is 0.0376. The molecule has 1 N–H and O–H groups in total. The fraction of sp³-hybridized carbons (Fsp3) is 0.917. The summed E-state index contributed by atoms with van der Waals surface area (Å²) in [6.07, 6.45) is 1.10. The summed E-state index contributed by atoms with van der Waals surface area (Å²) < 4.78 is 4.78. The van der Waals surface area contributed by atoms with Crippen molar-refractivity contribution in [2.24, 2.45) is 11.8 Å². The molecule has 0 heterocycles. The van der Waals surface area contributed by atoms with Gasteiger partial charge in [-0.25, -0.2) is 0 Å². The molecule has 0 aliphatic heterocycles. The standard InChI is InChI=1S/C12H26N2O2/c1-10(2)11(12(15)16-5)9-13-7-6-8-14(3)4/h10-11,13H,6-9H2,1-5H3. The summed E-state index contributed by atoms with van der Waals surface area (Å²) in [7, 11) is 5.57. The Morgan fingerprint density at radius 3 is 2.44 bits per heavy atom. The van der Waals surface area contributed by atoms with Crippen LogP contribution in [0, 0.1) is 11.8 Å². The average molecular weight is 230 g/mol. The van der Waals surface area contributed by atoms with Crippen molar-refractivity contribution in [2.75, 3.05) is 40.8 Å². The zero-order valence-corrected chi connectivity index (χ0v) is 11.2. The number of carbonyl (C=O) groups is 1. The quantitative estimate of drug-likeness (QED) is 0.498. The number of hydrogen-bond donors (Lipinski definition) is 1. The number of nitrogens with one attached hydrogen (secondary N) is 1. The van der Waals surface area contributed by atoms with Crippen LogP contribution in [0.4, 0.5) is 0 Å². The van der Waals surface area contributed by atoms with Crippen molar-refractivity contribution < 1.29 is 9.53 Å². The molecule has 1 atom stereocenters. The number of nitrogens with zero attached hydrogens (tertiary/aromatic N) is 1. The summed E-state index contributed by atoms with van der Waals surface area (Å²) >= 11 is 0. The third-order valence-corrected chi connectivity index (χ3v) is 2.63. The Balaban J connectivity index is 3.73. The Kier molecular flexibility index (Phi) is 8.21.